The van der Waals surface area contributed by atoms with Gasteiger partial charge in [-0.2, -0.15) is 0 Å². The Morgan fingerprint density at radius 1 is 1.38 bits per heavy atom. The molecule has 1 aromatic carbocycles. The molecule has 114 valence electrons. The number of ether oxygens (including phenoxy) is 3. The fourth-order valence-corrected chi connectivity index (χ4v) is 2.70. The van der Waals surface area contributed by atoms with E-state index in [2.05, 4.69) is 0 Å². The third kappa shape index (κ3) is 3.99. The van der Waals surface area contributed by atoms with Gasteiger partial charge in [-0.15, -0.1) is 11.6 Å². The van der Waals surface area contributed by atoms with E-state index in [1.54, 1.807) is 6.92 Å². The van der Waals surface area contributed by atoms with Gasteiger partial charge in [0.25, 0.3) is 0 Å². The Balaban J connectivity index is 2.23. The summed E-state index contributed by atoms with van der Waals surface area (Å²) in [5, 5.41) is 0. The lowest BCUT2D eigenvalue weighted by atomic mass is 9.88. The Morgan fingerprint density at radius 2 is 2.00 bits per heavy atom. The van der Waals surface area contributed by atoms with E-state index in [0.29, 0.717) is 26.2 Å². The van der Waals surface area contributed by atoms with Gasteiger partial charge in [0.15, 0.2) is 5.79 Å². The number of carbonyl (C=O) groups is 1. The molecule has 21 heavy (non-hydrogen) atoms. The molecule has 0 radical (unpaired) electrons. The van der Waals surface area contributed by atoms with Gasteiger partial charge >= 0.3 is 5.97 Å². The topological polar surface area (TPSA) is 44.8 Å². The number of benzene rings is 1. The van der Waals surface area contributed by atoms with Crippen molar-refractivity contribution in [2.24, 2.45) is 0 Å². The predicted molar refractivity (Wildman–Crippen MR) is 84.0 cm³/mol. The van der Waals surface area contributed by atoms with Gasteiger partial charge in [-0.05, 0) is 12.5 Å². The summed E-state index contributed by atoms with van der Waals surface area (Å²) in [4.78, 5) is 12.3. The van der Waals surface area contributed by atoms with Crippen molar-refractivity contribution in [2.75, 3.05) is 25.7 Å². The maximum Gasteiger partial charge on any atom is 0.313 e. The van der Waals surface area contributed by atoms with Crippen LogP contribution in [0.1, 0.15) is 24.8 Å². The summed E-state index contributed by atoms with van der Waals surface area (Å²) in [6, 6.07) is 7.83. The molecule has 1 unspecified atom stereocenters. The number of esters is 1. The van der Waals surface area contributed by atoms with E-state index in [-0.39, 0.29) is 11.8 Å². The number of alkyl halides is 1. The standard InChI is InChI=1S/C15H20BClO4/c1-2-19-14(18)13(11-3-5-12(16)6-4-11)9-15(10-17)20-7-8-21-15/h3-6,13H,2,7-10,16H2,1H3. The normalized spacial score (nSPS) is 18.4. The van der Waals surface area contributed by atoms with Crippen molar-refractivity contribution in [3.05, 3.63) is 29.8 Å². The van der Waals surface area contributed by atoms with Crippen molar-refractivity contribution in [1.29, 1.82) is 0 Å². The molecule has 0 aliphatic carbocycles. The summed E-state index contributed by atoms with van der Waals surface area (Å²) in [7, 11) is 2.01. The predicted octanol–water partition coefficient (Wildman–Crippen LogP) is 0.964. The molecule has 0 saturated carbocycles. The van der Waals surface area contributed by atoms with E-state index in [9.17, 15) is 4.79 Å². The Hall–Kier alpha value is -1.04. The summed E-state index contributed by atoms with van der Waals surface area (Å²) < 4.78 is 16.5. The summed E-state index contributed by atoms with van der Waals surface area (Å²) in [5.74, 6) is -1.43. The SMILES string of the molecule is Bc1ccc(C(CC2(CCl)OCCO2)C(=O)OCC)cc1. The van der Waals surface area contributed by atoms with Crippen molar-refractivity contribution in [3.63, 3.8) is 0 Å². The molecule has 0 bridgehead atoms. The molecule has 1 atom stereocenters. The highest BCUT2D eigenvalue weighted by Gasteiger charge is 2.41. The van der Waals surface area contributed by atoms with Crippen molar-refractivity contribution in [2.45, 2.75) is 25.0 Å². The summed E-state index contributed by atoms with van der Waals surface area (Å²) in [5.41, 5.74) is 2.03. The molecule has 0 N–H and O–H groups in total. The fraction of sp³-hybridized carbons (Fsp3) is 0.533. The molecule has 1 aliphatic rings. The first-order chi connectivity index (χ1) is 10.1. The van der Waals surface area contributed by atoms with Gasteiger partial charge in [-0.3, -0.25) is 4.79 Å². The summed E-state index contributed by atoms with van der Waals surface area (Å²) in [6.07, 6.45) is 0.360. The van der Waals surface area contributed by atoms with E-state index in [0.717, 1.165) is 11.0 Å². The zero-order chi connectivity index (χ0) is 15.3. The highest BCUT2D eigenvalue weighted by molar-refractivity contribution is 6.32. The maximum atomic E-state index is 12.3. The van der Waals surface area contributed by atoms with Crippen LogP contribution in [0.5, 0.6) is 0 Å². The largest absolute Gasteiger partial charge is 0.466 e. The highest BCUT2D eigenvalue weighted by atomic mass is 35.5. The van der Waals surface area contributed by atoms with Crippen LogP contribution in [0.25, 0.3) is 0 Å². The summed E-state index contributed by atoms with van der Waals surface area (Å²) >= 11 is 6.00. The molecule has 6 heteroatoms. The zero-order valence-corrected chi connectivity index (χ0v) is 13.2. The van der Waals surface area contributed by atoms with Crippen molar-refractivity contribution in [3.8, 4) is 0 Å². The maximum absolute atomic E-state index is 12.3. The van der Waals surface area contributed by atoms with Crippen LogP contribution in [-0.4, -0.2) is 45.3 Å². The number of hydrogen-bond acceptors (Lipinski definition) is 4. The van der Waals surface area contributed by atoms with Crippen LogP contribution in [0.4, 0.5) is 0 Å². The number of rotatable bonds is 6. The monoisotopic (exact) mass is 310 g/mol. The van der Waals surface area contributed by atoms with E-state index in [1.165, 1.54) is 0 Å². The smallest absolute Gasteiger partial charge is 0.313 e. The lowest BCUT2D eigenvalue weighted by Gasteiger charge is -2.29. The van der Waals surface area contributed by atoms with Crippen LogP contribution < -0.4 is 5.46 Å². The fourth-order valence-electron chi connectivity index (χ4n) is 2.44. The van der Waals surface area contributed by atoms with Gasteiger partial charge in [-0.25, -0.2) is 0 Å². The highest BCUT2D eigenvalue weighted by Crippen LogP contribution is 2.34. The van der Waals surface area contributed by atoms with Crippen LogP contribution in [0.3, 0.4) is 0 Å². The second-order valence-electron chi connectivity index (χ2n) is 5.16. The third-order valence-corrected chi connectivity index (χ3v) is 3.99. The zero-order valence-electron chi connectivity index (χ0n) is 12.4. The Bertz CT molecular complexity index is 471. The molecule has 0 aromatic heterocycles. The number of carbonyl (C=O) groups excluding carboxylic acids is 1. The Kier molecular flexibility index (Phi) is 5.68. The number of hydrogen-bond donors (Lipinski definition) is 0. The molecule has 1 heterocycles. The minimum Gasteiger partial charge on any atom is -0.466 e. The second-order valence-corrected chi connectivity index (χ2v) is 5.43. The molecule has 0 spiro atoms. The third-order valence-electron chi connectivity index (χ3n) is 3.58. The van der Waals surface area contributed by atoms with Gasteiger partial charge in [0.2, 0.25) is 0 Å². The molecular weight excluding hydrogens is 290 g/mol. The first-order valence-electron chi connectivity index (χ1n) is 7.17. The van der Waals surface area contributed by atoms with Crippen LogP contribution in [-0.2, 0) is 19.0 Å². The first kappa shape index (κ1) is 16.3. The lowest BCUT2D eigenvalue weighted by Crippen LogP contribution is -2.36. The van der Waals surface area contributed by atoms with Crippen molar-refractivity contribution < 1.29 is 19.0 Å². The van der Waals surface area contributed by atoms with Gasteiger partial charge < -0.3 is 14.2 Å². The Labute approximate surface area is 131 Å². The second kappa shape index (κ2) is 7.30. The van der Waals surface area contributed by atoms with E-state index in [1.807, 2.05) is 32.1 Å². The Morgan fingerprint density at radius 3 is 2.52 bits per heavy atom. The lowest BCUT2D eigenvalue weighted by molar-refractivity contribution is -0.163. The van der Waals surface area contributed by atoms with Gasteiger partial charge in [0, 0.05) is 6.42 Å². The molecule has 1 fully saturated rings. The van der Waals surface area contributed by atoms with Crippen LogP contribution >= 0.6 is 11.6 Å². The van der Waals surface area contributed by atoms with Crippen LogP contribution in [0.15, 0.2) is 24.3 Å². The van der Waals surface area contributed by atoms with Gasteiger partial charge in [0.05, 0.1) is 31.6 Å². The molecule has 2 rings (SSSR count). The van der Waals surface area contributed by atoms with Crippen molar-refractivity contribution in [1.82, 2.24) is 0 Å². The summed E-state index contributed by atoms with van der Waals surface area (Å²) in [6.45, 7) is 3.13. The molecule has 1 aromatic rings. The molecule has 1 saturated heterocycles. The molecular formula is C15H20BClO4. The number of halogens is 1. The minimum atomic E-state index is -0.899. The average Bonchev–Trinajstić information content (AvgIpc) is 2.95. The molecule has 4 nitrogen and oxygen atoms in total. The first-order valence-corrected chi connectivity index (χ1v) is 7.71. The quantitative estimate of drug-likeness (QED) is 0.446. The van der Waals surface area contributed by atoms with E-state index < -0.39 is 11.7 Å². The van der Waals surface area contributed by atoms with E-state index >= 15 is 0 Å². The van der Waals surface area contributed by atoms with E-state index in [4.69, 9.17) is 25.8 Å². The average molecular weight is 311 g/mol. The van der Waals surface area contributed by atoms with Gasteiger partial charge in [-0.1, -0.05) is 29.7 Å². The van der Waals surface area contributed by atoms with Crippen molar-refractivity contribution >= 4 is 30.9 Å². The van der Waals surface area contributed by atoms with Crippen LogP contribution in [0, 0.1) is 0 Å². The molecule has 0 amide bonds. The minimum absolute atomic E-state index is 0.189. The molecule has 1 aliphatic heterocycles. The van der Waals surface area contributed by atoms with Gasteiger partial charge in [0.1, 0.15) is 7.85 Å². The van der Waals surface area contributed by atoms with Crippen LogP contribution in [0.2, 0.25) is 0 Å².